The molecule has 0 aliphatic heterocycles. The molecule has 1 fully saturated rings. The van der Waals surface area contributed by atoms with Gasteiger partial charge < -0.3 is 14.5 Å². The Balaban J connectivity index is 2.02. The van der Waals surface area contributed by atoms with Crippen molar-refractivity contribution in [3.8, 4) is 0 Å². The van der Waals surface area contributed by atoms with Crippen molar-refractivity contribution in [1.29, 1.82) is 0 Å². The summed E-state index contributed by atoms with van der Waals surface area (Å²) in [7, 11) is 0.350. The number of aliphatic hydroxyl groups is 1. The summed E-state index contributed by atoms with van der Waals surface area (Å²) >= 11 is 0. The second kappa shape index (κ2) is 10.8. The minimum atomic E-state index is -3.61. The highest BCUT2D eigenvalue weighted by Gasteiger charge is 2.42. The zero-order chi connectivity index (χ0) is 24.3. The Hall–Kier alpha value is -1.61. The Morgan fingerprint density at radius 3 is 2.03 bits per heavy atom. The summed E-state index contributed by atoms with van der Waals surface area (Å²) < 4.78 is 21.3. The normalized spacial score (nSPS) is 24.0. The van der Waals surface area contributed by atoms with Crippen LogP contribution in [-0.4, -0.2) is 25.3 Å². The van der Waals surface area contributed by atoms with Crippen molar-refractivity contribution in [3.05, 3.63) is 59.7 Å². The number of hydrogen-bond donors (Lipinski definition) is 1. The molecule has 1 aliphatic rings. The summed E-state index contributed by atoms with van der Waals surface area (Å²) in [5.74, 6) is 0.500. The van der Waals surface area contributed by atoms with Crippen molar-refractivity contribution < 1.29 is 14.2 Å². The van der Waals surface area contributed by atoms with Crippen molar-refractivity contribution in [2.75, 3.05) is 19.0 Å². The van der Waals surface area contributed by atoms with Crippen LogP contribution >= 0.6 is 7.37 Å². The molecule has 0 bridgehead atoms. The number of benzene rings is 2. The van der Waals surface area contributed by atoms with Gasteiger partial charge in [0.15, 0.2) is 5.85 Å². The Morgan fingerprint density at radius 2 is 1.52 bits per heavy atom. The first-order valence-electron chi connectivity index (χ1n) is 12.4. The maximum atomic E-state index is 14.7. The third-order valence-corrected chi connectivity index (χ3v) is 9.75. The first kappa shape index (κ1) is 26.0. The zero-order valence-electron chi connectivity index (χ0n) is 21.4. The lowest BCUT2D eigenvalue weighted by atomic mass is 9.75. The van der Waals surface area contributed by atoms with Crippen LogP contribution in [0, 0.1) is 17.8 Å². The van der Waals surface area contributed by atoms with E-state index in [4.69, 9.17) is 4.52 Å². The Labute approximate surface area is 200 Å². The van der Waals surface area contributed by atoms with E-state index in [0.717, 1.165) is 18.5 Å². The lowest BCUT2D eigenvalue weighted by molar-refractivity contribution is 0.0427. The molecule has 4 nitrogen and oxygen atoms in total. The second-order valence-electron chi connectivity index (χ2n) is 10.7. The molecule has 0 amide bonds. The smallest absolute Gasteiger partial charge is 0.264 e. The number of hydrogen-bond acceptors (Lipinski definition) is 4. The summed E-state index contributed by atoms with van der Waals surface area (Å²) in [4.78, 5) is 2.01. The van der Waals surface area contributed by atoms with Gasteiger partial charge in [-0.2, -0.15) is 0 Å². The average Bonchev–Trinajstić information content (AvgIpc) is 2.78. The molecule has 0 radical (unpaired) electrons. The quantitative estimate of drug-likeness (QED) is 0.423. The molecule has 1 saturated carbocycles. The fourth-order valence-electron chi connectivity index (χ4n) is 4.90. The van der Waals surface area contributed by atoms with E-state index in [9.17, 15) is 9.67 Å². The van der Waals surface area contributed by atoms with Crippen molar-refractivity contribution in [2.45, 2.75) is 71.7 Å². The molecule has 5 unspecified atom stereocenters. The van der Waals surface area contributed by atoms with Gasteiger partial charge in [0.2, 0.25) is 0 Å². The van der Waals surface area contributed by atoms with E-state index in [2.05, 4.69) is 34.6 Å². The SMILES string of the molecule is CC1CCC(C(C)C)C(OP(=O)(c2ccc(N(C)C)cc2)C(O)c2ccc(C(C)C)cc2)C1. The number of nitrogens with zero attached hydrogens (tertiary/aromatic N) is 1. The van der Waals surface area contributed by atoms with Gasteiger partial charge in [0, 0.05) is 25.1 Å². The first-order valence-corrected chi connectivity index (χ1v) is 14.1. The molecule has 1 aliphatic carbocycles. The fourth-order valence-corrected chi connectivity index (χ4v) is 7.20. The predicted molar refractivity (Wildman–Crippen MR) is 140 cm³/mol. The second-order valence-corrected chi connectivity index (χ2v) is 13.1. The third kappa shape index (κ3) is 5.91. The van der Waals surface area contributed by atoms with Gasteiger partial charge in [-0.1, -0.05) is 65.3 Å². The van der Waals surface area contributed by atoms with E-state index in [1.165, 1.54) is 12.0 Å². The van der Waals surface area contributed by atoms with E-state index >= 15 is 0 Å². The summed E-state index contributed by atoms with van der Waals surface area (Å²) in [5.41, 5.74) is 2.86. The highest BCUT2D eigenvalue weighted by Crippen LogP contribution is 2.60. The molecular formula is C28H42NO3P. The van der Waals surface area contributed by atoms with Crippen molar-refractivity contribution in [3.63, 3.8) is 0 Å². The van der Waals surface area contributed by atoms with Crippen LogP contribution in [0.3, 0.4) is 0 Å². The number of aliphatic hydroxyl groups excluding tert-OH is 1. The predicted octanol–water partition coefficient (Wildman–Crippen LogP) is 6.95. The van der Waals surface area contributed by atoms with Gasteiger partial charge in [-0.25, -0.2) is 0 Å². The van der Waals surface area contributed by atoms with Crippen molar-refractivity contribution in [1.82, 2.24) is 0 Å². The van der Waals surface area contributed by atoms with E-state index < -0.39 is 13.2 Å². The molecule has 2 aromatic carbocycles. The van der Waals surface area contributed by atoms with Gasteiger partial charge in [0.1, 0.15) is 0 Å². The van der Waals surface area contributed by atoms with E-state index in [-0.39, 0.29) is 6.10 Å². The van der Waals surface area contributed by atoms with Crippen LogP contribution in [-0.2, 0) is 9.09 Å². The summed E-state index contributed by atoms with van der Waals surface area (Å²) in [6.45, 7) is 11.0. The highest BCUT2D eigenvalue weighted by atomic mass is 31.2. The third-order valence-electron chi connectivity index (χ3n) is 7.20. The van der Waals surface area contributed by atoms with Crippen LogP contribution in [0.15, 0.2) is 48.5 Å². The molecule has 182 valence electrons. The van der Waals surface area contributed by atoms with Gasteiger partial charge in [0.25, 0.3) is 7.37 Å². The Morgan fingerprint density at radius 1 is 0.939 bits per heavy atom. The molecule has 0 aromatic heterocycles. The Bertz CT molecular complexity index is 937. The topological polar surface area (TPSA) is 49.8 Å². The molecule has 3 rings (SSSR count). The fraction of sp³-hybridized carbons (Fsp3) is 0.571. The van der Waals surface area contributed by atoms with Gasteiger partial charge in [-0.3, -0.25) is 4.57 Å². The summed E-state index contributed by atoms with van der Waals surface area (Å²) in [5, 5.41) is 12.1. The van der Waals surface area contributed by atoms with Gasteiger partial charge in [-0.15, -0.1) is 0 Å². The van der Waals surface area contributed by atoms with E-state index in [0.29, 0.717) is 34.5 Å². The van der Waals surface area contributed by atoms with Gasteiger partial charge >= 0.3 is 0 Å². The standard InChI is InChI=1S/C28H42NO3P/c1-19(2)22-9-11-23(12-10-22)28(30)33(31,25-15-13-24(14-16-25)29(6)7)32-27-18-21(5)8-17-26(27)20(3)4/h9-16,19-21,26-28,30H,8,17-18H2,1-7H3. The molecule has 0 heterocycles. The molecule has 0 saturated heterocycles. The monoisotopic (exact) mass is 471 g/mol. The van der Waals surface area contributed by atoms with Crippen LogP contribution in [0.1, 0.15) is 76.8 Å². The molecule has 33 heavy (non-hydrogen) atoms. The van der Waals surface area contributed by atoms with Crippen LogP contribution in [0.2, 0.25) is 0 Å². The molecule has 2 aromatic rings. The number of anilines is 1. The van der Waals surface area contributed by atoms with Gasteiger partial charge in [0.05, 0.1) is 6.10 Å². The van der Waals surface area contributed by atoms with E-state index in [1.807, 2.05) is 67.5 Å². The average molecular weight is 472 g/mol. The maximum absolute atomic E-state index is 14.7. The zero-order valence-corrected chi connectivity index (χ0v) is 22.3. The Kier molecular flexibility index (Phi) is 8.48. The molecule has 5 heteroatoms. The van der Waals surface area contributed by atoms with Crippen molar-refractivity contribution in [2.24, 2.45) is 17.8 Å². The van der Waals surface area contributed by atoms with Crippen molar-refractivity contribution >= 4 is 18.4 Å². The van der Waals surface area contributed by atoms with Crippen LogP contribution in [0.25, 0.3) is 0 Å². The lowest BCUT2D eigenvalue weighted by Gasteiger charge is -2.40. The highest BCUT2D eigenvalue weighted by molar-refractivity contribution is 7.67. The number of rotatable bonds is 8. The molecule has 0 spiro atoms. The van der Waals surface area contributed by atoms with E-state index in [1.54, 1.807) is 0 Å². The minimum absolute atomic E-state index is 0.127. The van der Waals surface area contributed by atoms with Crippen LogP contribution < -0.4 is 10.2 Å². The molecular weight excluding hydrogens is 429 g/mol. The first-order chi connectivity index (χ1) is 15.5. The van der Waals surface area contributed by atoms with Crippen LogP contribution in [0.4, 0.5) is 5.69 Å². The lowest BCUT2D eigenvalue weighted by Crippen LogP contribution is -2.35. The van der Waals surface area contributed by atoms with Crippen LogP contribution in [0.5, 0.6) is 0 Å². The minimum Gasteiger partial charge on any atom is -0.378 e. The summed E-state index contributed by atoms with van der Waals surface area (Å²) in [6.07, 6.45) is 2.99. The molecule has 5 atom stereocenters. The maximum Gasteiger partial charge on any atom is 0.264 e. The molecule has 1 N–H and O–H groups in total. The van der Waals surface area contributed by atoms with Gasteiger partial charge in [-0.05, 0) is 71.9 Å². The largest absolute Gasteiger partial charge is 0.378 e. The summed E-state index contributed by atoms with van der Waals surface area (Å²) in [6, 6.07) is 15.4.